The first-order chi connectivity index (χ1) is 17.2. The number of nitrogens with one attached hydrogen (secondary N) is 1. The third-order valence-electron chi connectivity index (χ3n) is 5.61. The standard InChI is InChI=1S/C27H17F4N3OS/c28-17-12-10-15(11-13-17)18-14-21(16-6-2-1-3-7-16)34-26-22(18)23(32)24(36-26)25(35)33-20-9-5-4-8-19(20)27(29,30)31/h1-14H,32H2,(H,33,35). The second kappa shape index (κ2) is 9.09. The number of amides is 1. The number of para-hydroxylation sites is 1. The molecule has 0 aliphatic heterocycles. The van der Waals surface area contributed by atoms with E-state index in [1.54, 1.807) is 18.2 Å². The number of hydrogen-bond donors (Lipinski definition) is 2. The lowest BCUT2D eigenvalue weighted by molar-refractivity contribution is -0.136. The molecule has 2 aromatic heterocycles. The number of carbonyl (C=O) groups is 1. The zero-order valence-corrected chi connectivity index (χ0v) is 19.3. The van der Waals surface area contributed by atoms with E-state index in [2.05, 4.69) is 10.3 Å². The van der Waals surface area contributed by atoms with E-state index < -0.39 is 23.5 Å². The van der Waals surface area contributed by atoms with Crippen LogP contribution in [-0.4, -0.2) is 10.9 Å². The van der Waals surface area contributed by atoms with Crippen LogP contribution in [0.4, 0.5) is 28.9 Å². The zero-order chi connectivity index (χ0) is 25.4. The minimum atomic E-state index is -4.64. The second-order valence-electron chi connectivity index (χ2n) is 7.95. The Hall–Kier alpha value is -4.24. The van der Waals surface area contributed by atoms with Gasteiger partial charge in [-0.15, -0.1) is 11.3 Å². The van der Waals surface area contributed by atoms with E-state index in [9.17, 15) is 22.4 Å². The number of alkyl halides is 3. The summed E-state index contributed by atoms with van der Waals surface area (Å²) in [6.07, 6.45) is -4.64. The molecular weight excluding hydrogens is 490 g/mol. The average molecular weight is 508 g/mol. The molecule has 3 N–H and O–H groups in total. The molecule has 0 bridgehead atoms. The SMILES string of the molecule is Nc1c(C(=O)Nc2ccccc2C(F)(F)F)sc2nc(-c3ccccc3)cc(-c3ccc(F)cc3)c12. The molecule has 5 aromatic rings. The maximum absolute atomic E-state index is 13.6. The summed E-state index contributed by atoms with van der Waals surface area (Å²) in [5.41, 5.74) is 7.85. The van der Waals surface area contributed by atoms with E-state index in [0.717, 1.165) is 23.0 Å². The predicted molar refractivity (Wildman–Crippen MR) is 134 cm³/mol. The second-order valence-corrected chi connectivity index (χ2v) is 8.95. The number of rotatable bonds is 4. The number of hydrogen-bond acceptors (Lipinski definition) is 4. The molecule has 0 saturated heterocycles. The van der Waals surface area contributed by atoms with Crippen LogP contribution in [0.5, 0.6) is 0 Å². The largest absolute Gasteiger partial charge is 0.418 e. The normalized spacial score (nSPS) is 11.6. The van der Waals surface area contributed by atoms with Gasteiger partial charge in [-0.3, -0.25) is 4.79 Å². The molecule has 3 aromatic carbocycles. The highest BCUT2D eigenvalue weighted by Crippen LogP contribution is 2.42. The van der Waals surface area contributed by atoms with E-state index in [1.807, 2.05) is 30.3 Å². The van der Waals surface area contributed by atoms with E-state index in [1.165, 1.54) is 30.3 Å². The Labute approximate surface area is 207 Å². The summed E-state index contributed by atoms with van der Waals surface area (Å²) in [4.78, 5) is 18.3. The first-order valence-electron chi connectivity index (χ1n) is 10.7. The van der Waals surface area contributed by atoms with Crippen LogP contribution in [-0.2, 0) is 6.18 Å². The Kier molecular flexibility index (Phi) is 5.93. The van der Waals surface area contributed by atoms with Crippen molar-refractivity contribution in [3.05, 3.63) is 101 Å². The molecule has 0 saturated carbocycles. The summed E-state index contributed by atoms with van der Waals surface area (Å²) in [6.45, 7) is 0. The van der Waals surface area contributed by atoms with Crippen molar-refractivity contribution in [2.45, 2.75) is 6.18 Å². The van der Waals surface area contributed by atoms with Crippen LogP contribution in [0.3, 0.4) is 0 Å². The van der Waals surface area contributed by atoms with Crippen LogP contribution in [0, 0.1) is 5.82 Å². The van der Waals surface area contributed by atoms with E-state index >= 15 is 0 Å². The van der Waals surface area contributed by atoms with Crippen molar-refractivity contribution in [3.8, 4) is 22.4 Å². The lowest BCUT2D eigenvalue weighted by Crippen LogP contribution is -2.16. The lowest BCUT2D eigenvalue weighted by atomic mass is 9.99. The van der Waals surface area contributed by atoms with E-state index in [4.69, 9.17) is 5.73 Å². The zero-order valence-electron chi connectivity index (χ0n) is 18.4. The molecule has 1 amide bonds. The number of nitrogens with two attached hydrogens (primary N) is 1. The molecule has 0 aliphatic carbocycles. The topological polar surface area (TPSA) is 68.0 Å². The molecule has 36 heavy (non-hydrogen) atoms. The Morgan fingerprint density at radius 2 is 1.56 bits per heavy atom. The first-order valence-corrected chi connectivity index (χ1v) is 11.6. The van der Waals surface area contributed by atoms with Crippen LogP contribution in [0.1, 0.15) is 15.2 Å². The number of carbonyl (C=O) groups excluding carboxylic acids is 1. The van der Waals surface area contributed by atoms with Gasteiger partial charge in [-0.25, -0.2) is 9.37 Å². The van der Waals surface area contributed by atoms with Gasteiger partial charge in [0.2, 0.25) is 0 Å². The molecule has 0 unspecified atom stereocenters. The number of aromatic nitrogens is 1. The van der Waals surface area contributed by atoms with Gasteiger partial charge in [0.15, 0.2) is 0 Å². The van der Waals surface area contributed by atoms with Crippen molar-refractivity contribution < 1.29 is 22.4 Å². The third kappa shape index (κ3) is 4.40. The molecule has 0 radical (unpaired) electrons. The predicted octanol–water partition coefficient (Wildman–Crippen LogP) is 7.62. The number of halogens is 4. The molecule has 0 fully saturated rings. The third-order valence-corrected chi connectivity index (χ3v) is 6.71. The van der Waals surface area contributed by atoms with Crippen LogP contribution in [0.15, 0.2) is 84.9 Å². The van der Waals surface area contributed by atoms with Crippen LogP contribution in [0.2, 0.25) is 0 Å². The fourth-order valence-corrected chi connectivity index (χ4v) is 4.94. The van der Waals surface area contributed by atoms with Gasteiger partial charge in [-0.2, -0.15) is 13.2 Å². The monoisotopic (exact) mass is 507 g/mol. The maximum Gasteiger partial charge on any atom is 0.418 e. The summed E-state index contributed by atoms with van der Waals surface area (Å²) in [6, 6.07) is 21.7. The molecule has 0 aliphatic rings. The molecule has 4 nitrogen and oxygen atoms in total. The smallest absolute Gasteiger partial charge is 0.397 e. The van der Waals surface area contributed by atoms with Gasteiger partial charge in [-0.05, 0) is 41.5 Å². The number of benzene rings is 3. The number of fused-ring (bicyclic) bond motifs is 1. The number of pyridine rings is 1. The van der Waals surface area contributed by atoms with Gasteiger partial charge in [0.25, 0.3) is 5.91 Å². The molecule has 0 atom stereocenters. The highest BCUT2D eigenvalue weighted by molar-refractivity contribution is 7.21. The minimum Gasteiger partial charge on any atom is -0.397 e. The summed E-state index contributed by atoms with van der Waals surface area (Å²) >= 11 is 0.982. The quantitative estimate of drug-likeness (QED) is 0.246. The molecule has 180 valence electrons. The molecular formula is C27H17F4N3OS. The van der Waals surface area contributed by atoms with Gasteiger partial charge < -0.3 is 11.1 Å². The molecule has 9 heteroatoms. The average Bonchev–Trinajstić information content (AvgIpc) is 3.21. The highest BCUT2D eigenvalue weighted by Gasteiger charge is 2.34. The Balaban J connectivity index is 1.65. The maximum atomic E-state index is 13.6. The fourth-order valence-electron chi connectivity index (χ4n) is 3.92. The van der Waals surface area contributed by atoms with Crippen molar-refractivity contribution in [1.82, 2.24) is 4.98 Å². The van der Waals surface area contributed by atoms with E-state index in [-0.39, 0.29) is 16.3 Å². The van der Waals surface area contributed by atoms with Crippen molar-refractivity contribution >= 4 is 38.8 Å². The van der Waals surface area contributed by atoms with Crippen molar-refractivity contribution in [3.63, 3.8) is 0 Å². The first kappa shape index (κ1) is 23.5. The highest BCUT2D eigenvalue weighted by atomic mass is 32.1. The number of anilines is 2. The minimum absolute atomic E-state index is 0.0306. The Bertz CT molecular complexity index is 1580. The number of nitrogens with zero attached hydrogens (tertiary/aromatic N) is 1. The summed E-state index contributed by atoms with van der Waals surface area (Å²) < 4.78 is 53.8. The fraction of sp³-hybridized carbons (Fsp3) is 0.0370. The Morgan fingerprint density at radius 3 is 2.25 bits per heavy atom. The molecule has 2 heterocycles. The van der Waals surface area contributed by atoms with Crippen LogP contribution >= 0.6 is 11.3 Å². The Morgan fingerprint density at radius 1 is 0.889 bits per heavy atom. The van der Waals surface area contributed by atoms with E-state index in [0.29, 0.717) is 27.0 Å². The van der Waals surface area contributed by atoms with Crippen molar-refractivity contribution in [2.75, 3.05) is 11.1 Å². The van der Waals surface area contributed by atoms with Crippen molar-refractivity contribution in [1.29, 1.82) is 0 Å². The van der Waals surface area contributed by atoms with Gasteiger partial charge >= 0.3 is 6.18 Å². The molecule has 0 spiro atoms. The van der Waals surface area contributed by atoms with Gasteiger partial charge in [0, 0.05) is 10.9 Å². The van der Waals surface area contributed by atoms with Crippen LogP contribution < -0.4 is 11.1 Å². The number of nitrogen functional groups attached to an aromatic ring is 1. The van der Waals surface area contributed by atoms with Crippen LogP contribution in [0.25, 0.3) is 32.6 Å². The summed E-state index contributed by atoms with van der Waals surface area (Å²) in [5, 5.41) is 2.82. The van der Waals surface area contributed by atoms with Gasteiger partial charge in [-0.1, -0.05) is 54.6 Å². The van der Waals surface area contributed by atoms with Gasteiger partial charge in [0.05, 0.1) is 22.6 Å². The molecule has 5 rings (SSSR count). The number of thiophene rings is 1. The van der Waals surface area contributed by atoms with Crippen molar-refractivity contribution in [2.24, 2.45) is 0 Å². The summed E-state index contributed by atoms with van der Waals surface area (Å²) in [5.74, 6) is -1.19. The summed E-state index contributed by atoms with van der Waals surface area (Å²) in [7, 11) is 0. The lowest BCUT2D eigenvalue weighted by Gasteiger charge is -2.13. The van der Waals surface area contributed by atoms with Gasteiger partial charge in [0.1, 0.15) is 15.5 Å².